The Hall–Kier alpha value is -0.580. The van der Waals surface area contributed by atoms with Gasteiger partial charge in [-0.1, -0.05) is 26.3 Å². The van der Waals surface area contributed by atoms with Crippen LogP contribution in [0.2, 0.25) is 0 Å². The zero-order valence-electron chi connectivity index (χ0n) is 12.5. The molecule has 116 valence electrons. The number of alkyl halides is 1. The first-order chi connectivity index (χ1) is 9.65. The maximum Gasteiger partial charge on any atom is 0.238 e. The molecule has 0 aromatic carbocycles. The van der Waals surface area contributed by atoms with E-state index in [0.717, 1.165) is 19.3 Å². The second-order valence-electron chi connectivity index (χ2n) is 5.19. The number of rotatable bonds is 8. The van der Waals surface area contributed by atoms with Gasteiger partial charge in [0.15, 0.2) is 6.29 Å². The van der Waals surface area contributed by atoms with Gasteiger partial charge in [0.25, 0.3) is 0 Å². The molecule has 1 rings (SSSR count). The molecule has 0 saturated carbocycles. The highest BCUT2D eigenvalue weighted by Crippen LogP contribution is 2.25. The third-order valence-electron chi connectivity index (χ3n) is 3.58. The third kappa shape index (κ3) is 4.76. The molecule has 1 heterocycles. The fourth-order valence-electron chi connectivity index (χ4n) is 2.66. The first-order valence-electron chi connectivity index (χ1n) is 7.35. The van der Waals surface area contributed by atoms with Gasteiger partial charge >= 0.3 is 0 Å². The molecule has 0 aromatic rings. The Kier molecular flexibility index (Phi) is 8.19. The minimum absolute atomic E-state index is 0.0318. The number of ether oxygens (including phenoxy) is 2. The lowest BCUT2D eigenvalue weighted by Gasteiger charge is -2.41. The summed E-state index contributed by atoms with van der Waals surface area (Å²) in [5.41, 5.74) is 0. The van der Waals surface area contributed by atoms with Crippen LogP contribution in [0.25, 0.3) is 0 Å². The van der Waals surface area contributed by atoms with Crippen molar-refractivity contribution < 1.29 is 14.3 Å². The summed E-state index contributed by atoms with van der Waals surface area (Å²) in [5, 5.41) is 0. The molecular formula is C15H26ClNO3. The molecule has 2 unspecified atom stereocenters. The van der Waals surface area contributed by atoms with Crippen molar-refractivity contribution in [3.8, 4) is 0 Å². The monoisotopic (exact) mass is 303 g/mol. The zero-order chi connectivity index (χ0) is 15.0. The average molecular weight is 304 g/mol. The minimum atomic E-state index is -0.364. The number of carbonyl (C=O) groups excluding carboxylic acids is 1. The van der Waals surface area contributed by atoms with Gasteiger partial charge in [-0.25, -0.2) is 0 Å². The highest BCUT2D eigenvalue weighted by Gasteiger charge is 2.36. The largest absolute Gasteiger partial charge is 0.350 e. The van der Waals surface area contributed by atoms with Crippen LogP contribution in [0.1, 0.15) is 33.1 Å². The first kappa shape index (κ1) is 17.5. The smallest absolute Gasteiger partial charge is 0.238 e. The summed E-state index contributed by atoms with van der Waals surface area (Å²) in [4.78, 5) is 13.9. The number of amides is 1. The van der Waals surface area contributed by atoms with E-state index in [0.29, 0.717) is 19.8 Å². The molecule has 1 saturated heterocycles. The Morgan fingerprint density at radius 3 is 2.65 bits per heavy atom. The maximum atomic E-state index is 12.1. The number of hydrogen-bond donors (Lipinski definition) is 0. The minimum Gasteiger partial charge on any atom is -0.350 e. The predicted molar refractivity (Wildman–Crippen MR) is 80.8 cm³/mol. The van der Waals surface area contributed by atoms with Crippen molar-refractivity contribution in [3.63, 3.8) is 0 Å². The highest BCUT2D eigenvalue weighted by atomic mass is 35.5. The summed E-state index contributed by atoms with van der Waals surface area (Å²) in [6, 6.07) is -0.112. The first-order valence-corrected chi connectivity index (χ1v) is 7.88. The molecule has 0 N–H and O–H groups in total. The molecule has 5 heteroatoms. The van der Waals surface area contributed by atoms with Crippen molar-refractivity contribution in [2.24, 2.45) is 5.92 Å². The quantitative estimate of drug-likeness (QED) is 0.511. The molecule has 0 radical (unpaired) electrons. The molecule has 20 heavy (non-hydrogen) atoms. The van der Waals surface area contributed by atoms with Gasteiger partial charge < -0.3 is 14.4 Å². The van der Waals surface area contributed by atoms with Gasteiger partial charge in [0.05, 0.1) is 19.3 Å². The van der Waals surface area contributed by atoms with Crippen LogP contribution in [0.4, 0.5) is 0 Å². The average Bonchev–Trinajstić information content (AvgIpc) is 2.47. The van der Waals surface area contributed by atoms with E-state index in [9.17, 15) is 4.79 Å². The van der Waals surface area contributed by atoms with Crippen molar-refractivity contribution in [1.29, 1.82) is 0 Å². The van der Waals surface area contributed by atoms with Crippen LogP contribution < -0.4 is 0 Å². The fraction of sp³-hybridized carbons (Fsp3) is 0.800. The van der Waals surface area contributed by atoms with E-state index in [4.69, 9.17) is 21.1 Å². The van der Waals surface area contributed by atoms with Gasteiger partial charge in [0.2, 0.25) is 5.91 Å². The zero-order valence-corrected chi connectivity index (χ0v) is 13.3. The molecule has 0 aliphatic carbocycles. The number of carbonyl (C=O) groups is 1. The van der Waals surface area contributed by atoms with Crippen LogP contribution in [0.15, 0.2) is 12.7 Å². The molecule has 1 amide bonds. The summed E-state index contributed by atoms with van der Waals surface area (Å²) < 4.78 is 11.5. The molecule has 1 fully saturated rings. The summed E-state index contributed by atoms with van der Waals surface area (Å²) in [7, 11) is 0. The van der Waals surface area contributed by atoms with Crippen LogP contribution in [0, 0.1) is 5.92 Å². The third-order valence-corrected chi connectivity index (χ3v) is 3.81. The van der Waals surface area contributed by atoms with Gasteiger partial charge in [0.1, 0.15) is 5.88 Å². The van der Waals surface area contributed by atoms with Crippen LogP contribution >= 0.6 is 11.6 Å². The van der Waals surface area contributed by atoms with Gasteiger partial charge in [-0.15, -0.1) is 18.2 Å². The standard InChI is InChI=1S/C15H26ClNO3/c1-4-7-12(3)14(15-19-9-6-10-20-15)17(8-5-2)13(18)11-16/h5,12,14-15H,2,4,6-11H2,1,3H3. The molecule has 0 aromatic heterocycles. The van der Waals surface area contributed by atoms with Crippen LogP contribution in [0.5, 0.6) is 0 Å². The second-order valence-corrected chi connectivity index (χ2v) is 5.46. The summed E-state index contributed by atoms with van der Waals surface area (Å²) in [6.07, 6.45) is 4.32. The van der Waals surface area contributed by atoms with Gasteiger partial charge in [-0.2, -0.15) is 0 Å². The number of hydrogen-bond acceptors (Lipinski definition) is 3. The summed E-state index contributed by atoms with van der Waals surface area (Å²) in [6.45, 7) is 9.82. The Bertz CT molecular complexity index is 305. The van der Waals surface area contributed by atoms with E-state index in [1.807, 2.05) is 0 Å². The molecule has 1 aliphatic rings. The van der Waals surface area contributed by atoms with Crippen molar-refractivity contribution in [2.75, 3.05) is 25.6 Å². The van der Waals surface area contributed by atoms with E-state index in [1.54, 1.807) is 11.0 Å². The van der Waals surface area contributed by atoms with E-state index in [-0.39, 0.29) is 30.0 Å². The van der Waals surface area contributed by atoms with Gasteiger partial charge in [0, 0.05) is 6.54 Å². The lowest BCUT2D eigenvalue weighted by atomic mass is 9.94. The van der Waals surface area contributed by atoms with E-state index >= 15 is 0 Å². The second kappa shape index (κ2) is 9.37. The lowest BCUT2D eigenvalue weighted by molar-refractivity contribution is -0.217. The van der Waals surface area contributed by atoms with Crippen LogP contribution in [-0.4, -0.2) is 48.8 Å². The highest BCUT2D eigenvalue weighted by molar-refractivity contribution is 6.27. The molecule has 1 aliphatic heterocycles. The number of halogens is 1. The Balaban J connectivity index is 2.91. The molecule has 2 atom stereocenters. The summed E-state index contributed by atoms with van der Waals surface area (Å²) >= 11 is 5.74. The van der Waals surface area contributed by atoms with E-state index in [1.165, 1.54) is 0 Å². The van der Waals surface area contributed by atoms with Crippen LogP contribution in [-0.2, 0) is 14.3 Å². The predicted octanol–water partition coefficient (Wildman–Crippen LogP) is 2.81. The van der Waals surface area contributed by atoms with Gasteiger partial charge in [-0.05, 0) is 18.8 Å². The Labute approximate surface area is 127 Å². The van der Waals surface area contributed by atoms with E-state index < -0.39 is 0 Å². The lowest BCUT2D eigenvalue weighted by Crippen LogP contribution is -2.54. The van der Waals surface area contributed by atoms with E-state index in [2.05, 4.69) is 20.4 Å². The Morgan fingerprint density at radius 1 is 1.50 bits per heavy atom. The molecule has 0 bridgehead atoms. The summed E-state index contributed by atoms with van der Waals surface area (Å²) in [5.74, 6) is 0.156. The SMILES string of the molecule is C=CCN(C(=O)CCl)C(C(C)CCC)C1OCCCO1. The molecule has 0 spiro atoms. The topological polar surface area (TPSA) is 38.8 Å². The van der Waals surface area contributed by atoms with Crippen molar-refractivity contribution in [2.45, 2.75) is 45.4 Å². The van der Waals surface area contributed by atoms with Gasteiger partial charge in [-0.3, -0.25) is 4.79 Å². The Morgan fingerprint density at radius 2 is 2.15 bits per heavy atom. The van der Waals surface area contributed by atoms with Crippen molar-refractivity contribution in [1.82, 2.24) is 4.90 Å². The van der Waals surface area contributed by atoms with Crippen molar-refractivity contribution >= 4 is 17.5 Å². The normalized spacial score (nSPS) is 19.4. The molecular weight excluding hydrogens is 278 g/mol. The van der Waals surface area contributed by atoms with Crippen LogP contribution in [0.3, 0.4) is 0 Å². The fourth-order valence-corrected chi connectivity index (χ4v) is 2.81. The van der Waals surface area contributed by atoms with Crippen molar-refractivity contribution in [3.05, 3.63) is 12.7 Å². The molecule has 4 nitrogen and oxygen atoms in total. The number of nitrogens with zero attached hydrogens (tertiary/aromatic N) is 1. The maximum absolute atomic E-state index is 12.1.